The summed E-state index contributed by atoms with van der Waals surface area (Å²) in [6.07, 6.45) is 1.31. The van der Waals surface area contributed by atoms with Crippen LogP contribution in [0.3, 0.4) is 0 Å². The van der Waals surface area contributed by atoms with Gasteiger partial charge in [-0.05, 0) is 19.4 Å². The predicted molar refractivity (Wildman–Crippen MR) is 57.7 cm³/mol. The average Bonchev–Trinajstić information content (AvgIpc) is 2.81. The fourth-order valence-electron chi connectivity index (χ4n) is 2.66. The summed E-state index contributed by atoms with van der Waals surface area (Å²) in [5.41, 5.74) is 0. The zero-order chi connectivity index (χ0) is 12.4. The number of hydrogen-bond donors (Lipinski definition) is 2. The highest BCUT2D eigenvalue weighted by atomic mass is 16.5. The molecule has 0 amide bonds. The quantitative estimate of drug-likeness (QED) is 0.718. The van der Waals surface area contributed by atoms with E-state index < -0.39 is 23.8 Å². The Morgan fingerprint density at radius 3 is 2.35 bits per heavy atom. The molecule has 2 saturated heterocycles. The molecule has 6 nitrogen and oxygen atoms in total. The predicted octanol–water partition coefficient (Wildman–Crippen LogP) is -0.117. The van der Waals surface area contributed by atoms with Crippen molar-refractivity contribution in [3.63, 3.8) is 0 Å². The molecule has 6 heteroatoms. The summed E-state index contributed by atoms with van der Waals surface area (Å²) in [5, 5.41) is 18.1. The van der Waals surface area contributed by atoms with Crippen LogP contribution >= 0.6 is 0 Å². The lowest BCUT2D eigenvalue weighted by Gasteiger charge is -2.37. The van der Waals surface area contributed by atoms with Gasteiger partial charge in [0.25, 0.3) is 0 Å². The molecular weight excluding hydrogens is 226 g/mol. The van der Waals surface area contributed by atoms with E-state index in [1.807, 2.05) is 0 Å². The van der Waals surface area contributed by atoms with Crippen molar-refractivity contribution in [1.82, 2.24) is 4.90 Å². The molecule has 2 heterocycles. The molecule has 2 rings (SSSR count). The number of ether oxygens (including phenoxy) is 1. The van der Waals surface area contributed by atoms with Gasteiger partial charge in [0.1, 0.15) is 0 Å². The van der Waals surface area contributed by atoms with E-state index >= 15 is 0 Å². The molecule has 0 radical (unpaired) electrons. The van der Waals surface area contributed by atoms with Gasteiger partial charge in [-0.3, -0.25) is 14.5 Å². The number of hydrogen-bond acceptors (Lipinski definition) is 4. The summed E-state index contributed by atoms with van der Waals surface area (Å²) in [4.78, 5) is 24.2. The standard InChI is InChI=1S/C11H17NO5/c13-10(14)8-1-3-12(5-9(8)11(15)16)7-2-4-17-6-7/h7-9H,1-6H2,(H,13,14)(H,15,16). The van der Waals surface area contributed by atoms with Crippen LogP contribution in [-0.2, 0) is 14.3 Å². The highest BCUT2D eigenvalue weighted by Crippen LogP contribution is 2.27. The molecular formula is C11H17NO5. The molecule has 0 spiro atoms. The Kier molecular flexibility index (Phi) is 3.63. The molecule has 0 aliphatic carbocycles. The van der Waals surface area contributed by atoms with Crippen LogP contribution in [0.25, 0.3) is 0 Å². The van der Waals surface area contributed by atoms with Crippen LogP contribution in [-0.4, -0.2) is 59.4 Å². The smallest absolute Gasteiger partial charge is 0.308 e. The van der Waals surface area contributed by atoms with Crippen LogP contribution in [0.5, 0.6) is 0 Å². The fraction of sp³-hybridized carbons (Fsp3) is 0.818. The Morgan fingerprint density at radius 2 is 1.82 bits per heavy atom. The zero-order valence-electron chi connectivity index (χ0n) is 9.54. The van der Waals surface area contributed by atoms with E-state index in [2.05, 4.69) is 4.90 Å². The summed E-state index contributed by atoms with van der Waals surface area (Å²) in [5.74, 6) is -3.58. The van der Waals surface area contributed by atoms with Crippen LogP contribution in [0.15, 0.2) is 0 Å². The van der Waals surface area contributed by atoms with E-state index in [1.54, 1.807) is 0 Å². The minimum Gasteiger partial charge on any atom is -0.481 e. The van der Waals surface area contributed by atoms with Gasteiger partial charge in [0.15, 0.2) is 0 Å². The number of piperidine rings is 1. The molecule has 0 aromatic rings. The van der Waals surface area contributed by atoms with Crippen molar-refractivity contribution < 1.29 is 24.5 Å². The normalized spacial score (nSPS) is 34.7. The first kappa shape index (κ1) is 12.3. The maximum absolute atomic E-state index is 11.1. The van der Waals surface area contributed by atoms with E-state index in [0.29, 0.717) is 32.7 Å². The molecule has 17 heavy (non-hydrogen) atoms. The average molecular weight is 243 g/mol. The van der Waals surface area contributed by atoms with Gasteiger partial charge in [-0.2, -0.15) is 0 Å². The van der Waals surface area contributed by atoms with Gasteiger partial charge in [-0.15, -0.1) is 0 Å². The summed E-state index contributed by atoms with van der Waals surface area (Å²) >= 11 is 0. The lowest BCUT2D eigenvalue weighted by molar-refractivity contribution is -0.157. The number of nitrogens with zero attached hydrogens (tertiary/aromatic N) is 1. The van der Waals surface area contributed by atoms with Crippen molar-refractivity contribution in [3.8, 4) is 0 Å². The van der Waals surface area contributed by atoms with Crippen molar-refractivity contribution in [2.45, 2.75) is 18.9 Å². The third kappa shape index (κ3) is 2.58. The Hall–Kier alpha value is -1.14. The van der Waals surface area contributed by atoms with E-state index in [0.717, 1.165) is 6.42 Å². The fourth-order valence-corrected chi connectivity index (χ4v) is 2.66. The Bertz CT molecular complexity index is 313. The molecule has 3 unspecified atom stereocenters. The molecule has 0 aromatic heterocycles. The summed E-state index contributed by atoms with van der Waals surface area (Å²) in [7, 11) is 0. The number of likely N-dealkylation sites (tertiary alicyclic amines) is 1. The molecule has 0 aromatic carbocycles. The Labute approximate surface area is 99.2 Å². The lowest BCUT2D eigenvalue weighted by atomic mass is 9.85. The van der Waals surface area contributed by atoms with Crippen molar-refractivity contribution >= 4 is 11.9 Å². The summed E-state index contributed by atoms with van der Waals surface area (Å²) in [6, 6.07) is 0.256. The van der Waals surface area contributed by atoms with Crippen molar-refractivity contribution in [2.24, 2.45) is 11.8 Å². The lowest BCUT2D eigenvalue weighted by Crippen LogP contribution is -2.50. The number of carboxylic acids is 2. The third-order valence-corrected chi connectivity index (χ3v) is 3.70. The maximum Gasteiger partial charge on any atom is 0.308 e. The molecule has 2 aliphatic heterocycles. The topological polar surface area (TPSA) is 87.1 Å². The third-order valence-electron chi connectivity index (χ3n) is 3.70. The van der Waals surface area contributed by atoms with Crippen molar-refractivity contribution in [2.75, 3.05) is 26.3 Å². The van der Waals surface area contributed by atoms with Gasteiger partial charge < -0.3 is 14.9 Å². The van der Waals surface area contributed by atoms with Crippen molar-refractivity contribution in [1.29, 1.82) is 0 Å². The first-order valence-electron chi connectivity index (χ1n) is 5.87. The first-order chi connectivity index (χ1) is 8.09. The van der Waals surface area contributed by atoms with Crippen LogP contribution in [0.4, 0.5) is 0 Å². The molecule has 2 N–H and O–H groups in total. The highest BCUT2D eigenvalue weighted by Gasteiger charge is 2.40. The van der Waals surface area contributed by atoms with E-state index in [1.165, 1.54) is 0 Å². The molecule has 2 fully saturated rings. The molecule has 96 valence electrons. The second kappa shape index (κ2) is 5.01. The monoisotopic (exact) mass is 243 g/mol. The SMILES string of the molecule is O=C(O)C1CCN(C2CCOC2)CC1C(=O)O. The minimum atomic E-state index is -1.01. The number of rotatable bonds is 3. The Balaban J connectivity index is 2.02. The van der Waals surface area contributed by atoms with E-state index in [-0.39, 0.29) is 6.04 Å². The second-order valence-corrected chi connectivity index (χ2v) is 4.69. The second-order valence-electron chi connectivity index (χ2n) is 4.69. The summed E-state index contributed by atoms with van der Waals surface area (Å²) < 4.78 is 5.27. The van der Waals surface area contributed by atoms with Crippen molar-refractivity contribution in [3.05, 3.63) is 0 Å². The van der Waals surface area contributed by atoms with Gasteiger partial charge >= 0.3 is 11.9 Å². The van der Waals surface area contributed by atoms with Gasteiger partial charge in [-0.25, -0.2) is 0 Å². The number of carbonyl (C=O) groups is 2. The van der Waals surface area contributed by atoms with Crippen LogP contribution < -0.4 is 0 Å². The van der Waals surface area contributed by atoms with Gasteiger partial charge in [0, 0.05) is 19.2 Å². The van der Waals surface area contributed by atoms with Crippen LogP contribution in [0.2, 0.25) is 0 Å². The molecule has 0 bridgehead atoms. The zero-order valence-corrected chi connectivity index (χ0v) is 9.54. The minimum absolute atomic E-state index is 0.256. The molecule has 3 atom stereocenters. The van der Waals surface area contributed by atoms with E-state index in [9.17, 15) is 9.59 Å². The molecule has 2 aliphatic rings. The van der Waals surface area contributed by atoms with Crippen LogP contribution in [0, 0.1) is 11.8 Å². The van der Waals surface area contributed by atoms with Gasteiger partial charge in [0.05, 0.1) is 18.4 Å². The number of aliphatic carboxylic acids is 2. The van der Waals surface area contributed by atoms with Gasteiger partial charge in [0.2, 0.25) is 0 Å². The summed E-state index contributed by atoms with van der Waals surface area (Å²) in [6.45, 7) is 2.31. The largest absolute Gasteiger partial charge is 0.481 e. The molecule has 0 saturated carbocycles. The number of carboxylic acid groups (broad SMARTS) is 2. The van der Waals surface area contributed by atoms with Crippen LogP contribution in [0.1, 0.15) is 12.8 Å². The first-order valence-corrected chi connectivity index (χ1v) is 5.87. The van der Waals surface area contributed by atoms with E-state index in [4.69, 9.17) is 14.9 Å². The highest BCUT2D eigenvalue weighted by molar-refractivity contribution is 5.80. The maximum atomic E-state index is 11.1. The Morgan fingerprint density at radius 1 is 1.12 bits per heavy atom. The van der Waals surface area contributed by atoms with Gasteiger partial charge in [-0.1, -0.05) is 0 Å².